The maximum Gasteiger partial charge on any atom is 0.0719 e. The van der Waals surface area contributed by atoms with Crippen molar-refractivity contribution in [2.75, 3.05) is 4.90 Å². The molecule has 49 heavy (non-hydrogen) atoms. The molecule has 0 amide bonds. The van der Waals surface area contributed by atoms with Gasteiger partial charge in [0.15, 0.2) is 0 Å². The van der Waals surface area contributed by atoms with E-state index in [9.17, 15) is 0 Å². The predicted molar refractivity (Wildman–Crippen MR) is 215 cm³/mol. The van der Waals surface area contributed by atoms with Gasteiger partial charge in [0.2, 0.25) is 0 Å². The zero-order valence-corrected chi connectivity index (χ0v) is 28.1. The highest BCUT2D eigenvalue weighted by atomic mass is 32.1. The van der Waals surface area contributed by atoms with Crippen LogP contribution < -0.4 is 4.90 Å². The van der Waals surface area contributed by atoms with Crippen LogP contribution in [0.5, 0.6) is 0 Å². The average molecular weight is 660 g/mol. The molecule has 0 saturated carbocycles. The van der Waals surface area contributed by atoms with Gasteiger partial charge >= 0.3 is 0 Å². The van der Waals surface area contributed by atoms with Crippen LogP contribution in [0, 0.1) is 0 Å². The lowest BCUT2D eigenvalue weighted by atomic mass is 9.95. The van der Waals surface area contributed by atoms with E-state index in [1.807, 2.05) is 22.7 Å². The third-order valence-corrected chi connectivity index (χ3v) is 12.0. The third kappa shape index (κ3) is 4.51. The van der Waals surface area contributed by atoms with Crippen molar-refractivity contribution < 1.29 is 0 Å². The first kappa shape index (κ1) is 28.3. The van der Waals surface area contributed by atoms with Crippen LogP contribution in [0.4, 0.5) is 17.1 Å². The second-order valence-electron chi connectivity index (χ2n) is 12.4. The summed E-state index contributed by atoms with van der Waals surface area (Å²) in [6.45, 7) is 0. The lowest BCUT2D eigenvalue weighted by Crippen LogP contribution is -2.12. The van der Waals surface area contributed by atoms with E-state index >= 15 is 0 Å². The molecule has 0 N–H and O–H groups in total. The molecule has 2 heterocycles. The Morgan fingerprint density at radius 3 is 1.65 bits per heavy atom. The SMILES string of the molecule is c1ccc(-c2ccc3c(sc4ccccc43)c2N(c2ccc(-c3ccccc3)c3ccccc23)c2cccc3sc4ccccc4c23)cc1. The van der Waals surface area contributed by atoms with Crippen molar-refractivity contribution in [3.63, 3.8) is 0 Å². The summed E-state index contributed by atoms with van der Waals surface area (Å²) < 4.78 is 5.18. The largest absolute Gasteiger partial charge is 0.307 e. The Balaban J connectivity index is 1.39. The highest BCUT2D eigenvalue weighted by Gasteiger charge is 2.26. The second kappa shape index (κ2) is 11.5. The Morgan fingerprint density at radius 2 is 0.898 bits per heavy atom. The minimum absolute atomic E-state index is 1.17. The molecule has 2 aromatic heterocycles. The van der Waals surface area contributed by atoms with Gasteiger partial charge in [-0.05, 0) is 52.4 Å². The van der Waals surface area contributed by atoms with Crippen molar-refractivity contribution in [1.82, 2.24) is 0 Å². The first-order valence-corrected chi connectivity index (χ1v) is 18.2. The number of anilines is 3. The fourth-order valence-corrected chi connectivity index (χ4v) is 9.88. The monoisotopic (exact) mass is 659 g/mol. The summed E-state index contributed by atoms with van der Waals surface area (Å²) in [5.74, 6) is 0. The first-order chi connectivity index (χ1) is 24.3. The molecule has 0 bridgehead atoms. The standard InChI is InChI=1S/C46H29NS2/c1-3-14-30(15-4-1)32-28-29-39(35-19-8-7-18-34(32)35)47(40-22-13-25-43-44(40)38-21-10-12-24-42(38)48-43)45-33(31-16-5-2-6-17-31)26-27-37-36-20-9-11-23-41(36)49-46(37)45/h1-29H. The zero-order chi connectivity index (χ0) is 32.3. The molecule has 0 spiro atoms. The predicted octanol–water partition coefficient (Wildman–Crippen LogP) is 14.4. The Labute approximate surface area is 292 Å². The van der Waals surface area contributed by atoms with Crippen LogP contribution in [0.3, 0.4) is 0 Å². The van der Waals surface area contributed by atoms with E-state index in [1.165, 1.54) is 90.4 Å². The maximum atomic E-state index is 2.58. The van der Waals surface area contributed by atoms with Gasteiger partial charge in [-0.15, -0.1) is 22.7 Å². The summed E-state index contributed by atoms with van der Waals surface area (Å²) in [4.78, 5) is 2.58. The number of benzene rings is 8. The Hall–Kier alpha value is -5.74. The van der Waals surface area contributed by atoms with Gasteiger partial charge in [0, 0.05) is 46.6 Å². The summed E-state index contributed by atoms with van der Waals surface area (Å²) in [5.41, 5.74) is 8.45. The van der Waals surface area contributed by atoms with Crippen molar-refractivity contribution in [3.8, 4) is 22.3 Å². The molecular weight excluding hydrogens is 631 g/mol. The van der Waals surface area contributed by atoms with Gasteiger partial charge < -0.3 is 4.90 Å². The van der Waals surface area contributed by atoms with Crippen LogP contribution in [0.2, 0.25) is 0 Å². The molecule has 0 aliphatic heterocycles. The molecular formula is C46H29NS2. The molecule has 10 aromatic rings. The van der Waals surface area contributed by atoms with Crippen LogP contribution >= 0.6 is 22.7 Å². The molecule has 8 aromatic carbocycles. The summed E-state index contributed by atoms with van der Waals surface area (Å²) in [7, 11) is 0. The molecule has 3 heteroatoms. The van der Waals surface area contributed by atoms with Crippen molar-refractivity contribution in [1.29, 1.82) is 0 Å². The molecule has 0 atom stereocenters. The summed E-state index contributed by atoms with van der Waals surface area (Å²) >= 11 is 3.76. The number of nitrogens with zero attached hydrogens (tertiary/aromatic N) is 1. The maximum absolute atomic E-state index is 2.58. The summed E-state index contributed by atoms with van der Waals surface area (Å²) in [6, 6.07) is 64.4. The lowest BCUT2D eigenvalue weighted by molar-refractivity contribution is 1.34. The van der Waals surface area contributed by atoms with Crippen molar-refractivity contribution in [2.24, 2.45) is 0 Å². The van der Waals surface area contributed by atoms with Gasteiger partial charge in [-0.2, -0.15) is 0 Å². The fraction of sp³-hybridized carbons (Fsp3) is 0. The highest BCUT2D eigenvalue weighted by Crippen LogP contribution is 2.53. The van der Waals surface area contributed by atoms with Crippen LogP contribution in [-0.2, 0) is 0 Å². The van der Waals surface area contributed by atoms with Crippen molar-refractivity contribution >= 4 is 90.9 Å². The molecule has 10 rings (SSSR count). The number of rotatable bonds is 5. The minimum atomic E-state index is 1.17. The van der Waals surface area contributed by atoms with Gasteiger partial charge in [0.1, 0.15) is 0 Å². The van der Waals surface area contributed by atoms with E-state index < -0.39 is 0 Å². The van der Waals surface area contributed by atoms with Gasteiger partial charge in [-0.3, -0.25) is 0 Å². The number of hydrogen-bond acceptors (Lipinski definition) is 3. The molecule has 1 nitrogen and oxygen atoms in total. The van der Waals surface area contributed by atoms with Crippen LogP contribution in [-0.4, -0.2) is 0 Å². The molecule has 0 saturated heterocycles. The third-order valence-electron chi connectivity index (χ3n) is 9.68. The Morgan fingerprint density at radius 1 is 0.327 bits per heavy atom. The van der Waals surface area contributed by atoms with Crippen molar-refractivity contribution in [2.45, 2.75) is 0 Å². The fourth-order valence-electron chi connectivity index (χ4n) is 7.51. The van der Waals surface area contributed by atoms with E-state index in [2.05, 4.69) is 181 Å². The molecule has 230 valence electrons. The summed E-state index contributed by atoms with van der Waals surface area (Å²) in [5, 5.41) is 7.62. The van der Waals surface area contributed by atoms with E-state index in [1.54, 1.807) is 0 Å². The first-order valence-electron chi connectivity index (χ1n) is 16.6. The van der Waals surface area contributed by atoms with E-state index in [-0.39, 0.29) is 0 Å². The quantitative estimate of drug-likeness (QED) is 0.178. The summed E-state index contributed by atoms with van der Waals surface area (Å²) in [6.07, 6.45) is 0. The highest BCUT2D eigenvalue weighted by molar-refractivity contribution is 7.26. The zero-order valence-electron chi connectivity index (χ0n) is 26.5. The molecule has 0 radical (unpaired) electrons. The smallest absolute Gasteiger partial charge is 0.0719 e. The molecule has 0 aliphatic carbocycles. The topological polar surface area (TPSA) is 3.24 Å². The minimum Gasteiger partial charge on any atom is -0.307 e. The molecule has 0 unspecified atom stereocenters. The van der Waals surface area contributed by atoms with E-state index in [0.717, 1.165) is 0 Å². The Bertz CT molecular complexity index is 2830. The van der Waals surface area contributed by atoms with Gasteiger partial charge in [-0.25, -0.2) is 0 Å². The van der Waals surface area contributed by atoms with Crippen LogP contribution in [0.15, 0.2) is 176 Å². The normalized spacial score (nSPS) is 11.7. The average Bonchev–Trinajstić information content (AvgIpc) is 3.75. The molecule has 0 fully saturated rings. The van der Waals surface area contributed by atoms with Gasteiger partial charge in [-0.1, -0.05) is 146 Å². The number of thiophene rings is 2. The van der Waals surface area contributed by atoms with Crippen LogP contribution in [0.1, 0.15) is 0 Å². The number of hydrogen-bond donors (Lipinski definition) is 0. The molecule has 0 aliphatic rings. The van der Waals surface area contributed by atoms with Gasteiger partial charge in [0.05, 0.1) is 21.8 Å². The van der Waals surface area contributed by atoms with Crippen LogP contribution in [0.25, 0.3) is 73.4 Å². The Kier molecular flexibility index (Phi) is 6.61. The van der Waals surface area contributed by atoms with Gasteiger partial charge in [0.25, 0.3) is 0 Å². The lowest BCUT2D eigenvalue weighted by Gasteiger charge is -2.31. The van der Waals surface area contributed by atoms with E-state index in [4.69, 9.17) is 0 Å². The second-order valence-corrected chi connectivity index (χ2v) is 14.6. The van der Waals surface area contributed by atoms with Crippen molar-refractivity contribution in [3.05, 3.63) is 176 Å². The van der Waals surface area contributed by atoms with E-state index in [0.29, 0.717) is 0 Å². The number of fused-ring (bicyclic) bond motifs is 7.